The van der Waals surface area contributed by atoms with Gasteiger partial charge in [0.1, 0.15) is 5.75 Å². The Morgan fingerprint density at radius 3 is 3.12 bits per heavy atom. The van der Waals surface area contributed by atoms with Crippen molar-refractivity contribution in [3.05, 3.63) is 24.3 Å². The number of hydrogen-bond acceptors (Lipinski definition) is 3. The largest absolute Gasteiger partial charge is 0.497 e. The molecule has 1 unspecified atom stereocenters. The van der Waals surface area contributed by atoms with Crippen LogP contribution in [0.2, 0.25) is 0 Å². The molecule has 2 amide bonds. The zero-order valence-corrected chi connectivity index (χ0v) is 9.73. The molecule has 1 aromatic rings. The Hall–Kier alpha value is -1.75. The summed E-state index contributed by atoms with van der Waals surface area (Å²) in [6, 6.07) is 7.13. The summed E-state index contributed by atoms with van der Waals surface area (Å²) in [5, 5.41) is 5.61. The minimum atomic E-state index is -0.214. The molecule has 1 saturated heterocycles. The summed E-state index contributed by atoms with van der Waals surface area (Å²) in [7, 11) is 1.59. The molecule has 5 nitrogen and oxygen atoms in total. The number of nitrogens with one attached hydrogen (secondary N) is 2. The number of hydrogen-bond donors (Lipinski definition) is 2. The number of carbonyl (C=O) groups excluding carboxylic acids is 1. The number of carbonyl (C=O) groups is 1. The molecule has 2 rings (SSSR count). The predicted molar refractivity (Wildman–Crippen MR) is 64.4 cm³/mol. The van der Waals surface area contributed by atoms with Gasteiger partial charge >= 0.3 is 6.03 Å². The van der Waals surface area contributed by atoms with Crippen molar-refractivity contribution in [2.24, 2.45) is 0 Å². The van der Waals surface area contributed by atoms with Crippen molar-refractivity contribution in [3.8, 4) is 5.75 Å². The number of benzene rings is 1. The molecule has 1 aliphatic rings. The summed E-state index contributed by atoms with van der Waals surface area (Å²) < 4.78 is 10.3. The van der Waals surface area contributed by atoms with Crippen LogP contribution in [0.15, 0.2) is 24.3 Å². The molecule has 2 N–H and O–H groups in total. The lowest BCUT2D eigenvalue weighted by Crippen LogP contribution is -2.38. The van der Waals surface area contributed by atoms with Gasteiger partial charge in [-0.1, -0.05) is 6.07 Å². The van der Waals surface area contributed by atoms with Crippen molar-refractivity contribution < 1.29 is 14.3 Å². The van der Waals surface area contributed by atoms with Crippen LogP contribution >= 0.6 is 0 Å². The van der Waals surface area contributed by atoms with Crippen LogP contribution in [0.1, 0.15) is 6.42 Å². The Kier molecular flexibility index (Phi) is 3.82. The molecule has 17 heavy (non-hydrogen) atoms. The van der Waals surface area contributed by atoms with Crippen LogP contribution in [0.3, 0.4) is 0 Å². The van der Waals surface area contributed by atoms with Gasteiger partial charge in [-0.3, -0.25) is 0 Å². The van der Waals surface area contributed by atoms with Gasteiger partial charge in [0.25, 0.3) is 0 Å². The number of amides is 2. The van der Waals surface area contributed by atoms with Gasteiger partial charge in [0.15, 0.2) is 0 Å². The summed E-state index contributed by atoms with van der Waals surface area (Å²) in [6.07, 6.45) is 0.867. The minimum Gasteiger partial charge on any atom is -0.497 e. The van der Waals surface area contributed by atoms with E-state index in [-0.39, 0.29) is 12.1 Å². The van der Waals surface area contributed by atoms with Gasteiger partial charge in [0.2, 0.25) is 0 Å². The number of anilines is 1. The summed E-state index contributed by atoms with van der Waals surface area (Å²) >= 11 is 0. The van der Waals surface area contributed by atoms with E-state index < -0.39 is 0 Å². The Morgan fingerprint density at radius 1 is 1.53 bits per heavy atom. The first-order valence-electron chi connectivity index (χ1n) is 5.57. The second-order valence-corrected chi connectivity index (χ2v) is 3.89. The quantitative estimate of drug-likeness (QED) is 0.838. The Labute approximate surface area is 100 Å². The summed E-state index contributed by atoms with van der Waals surface area (Å²) in [5.74, 6) is 0.715. The molecule has 0 saturated carbocycles. The van der Waals surface area contributed by atoms with Gasteiger partial charge in [0, 0.05) is 18.4 Å². The Morgan fingerprint density at radius 2 is 2.41 bits per heavy atom. The Bertz CT molecular complexity index is 389. The third kappa shape index (κ3) is 3.35. The van der Waals surface area contributed by atoms with Crippen LogP contribution in [0.4, 0.5) is 10.5 Å². The fourth-order valence-corrected chi connectivity index (χ4v) is 1.70. The monoisotopic (exact) mass is 236 g/mol. The van der Waals surface area contributed by atoms with Gasteiger partial charge in [0.05, 0.1) is 19.8 Å². The van der Waals surface area contributed by atoms with E-state index in [0.717, 1.165) is 6.42 Å². The SMILES string of the molecule is COc1cccc(NC(=O)NC2CCOC2)c1. The topological polar surface area (TPSA) is 59.6 Å². The lowest BCUT2D eigenvalue weighted by Gasteiger charge is -2.12. The number of ether oxygens (including phenoxy) is 2. The van der Waals surface area contributed by atoms with Gasteiger partial charge in [-0.05, 0) is 18.6 Å². The second-order valence-electron chi connectivity index (χ2n) is 3.89. The van der Waals surface area contributed by atoms with Crippen molar-refractivity contribution in [1.29, 1.82) is 0 Å². The zero-order valence-electron chi connectivity index (χ0n) is 9.73. The van der Waals surface area contributed by atoms with Crippen LogP contribution in [-0.4, -0.2) is 32.4 Å². The minimum absolute atomic E-state index is 0.112. The summed E-state index contributed by atoms with van der Waals surface area (Å²) in [6.45, 7) is 1.30. The van der Waals surface area contributed by atoms with E-state index in [1.54, 1.807) is 13.2 Å². The van der Waals surface area contributed by atoms with Crippen molar-refractivity contribution >= 4 is 11.7 Å². The fourth-order valence-electron chi connectivity index (χ4n) is 1.70. The molecule has 1 aliphatic heterocycles. The molecule has 1 aromatic carbocycles. The number of urea groups is 1. The van der Waals surface area contributed by atoms with Crippen LogP contribution in [-0.2, 0) is 4.74 Å². The molecule has 0 bridgehead atoms. The second kappa shape index (κ2) is 5.54. The third-order valence-electron chi connectivity index (χ3n) is 2.59. The standard InChI is InChI=1S/C12H16N2O3/c1-16-11-4-2-3-9(7-11)13-12(15)14-10-5-6-17-8-10/h2-4,7,10H,5-6,8H2,1H3,(H2,13,14,15). The maximum absolute atomic E-state index is 11.6. The lowest BCUT2D eigenvalue weighted by molar-refractivity contribution is 0.189. The molecular weight excluding hydrogens is 220 g/mol. The predicted octanol–water partition coefficient (Wildman–Crippen LogP) is 1.61. The summed E-state index contributed by atoms with van der Waals surface area (Å²) in [4.78, 5) is 11.6. The van der Waals surface area contributed by atoms with E-state index in [9.17, 15) is 4.79 Å². The van der Waals surface area contributed by atoms with Gasteiger partial charge in [-0.2, -0.15) is 0 Å². The molecule has 0 spiro atoms. The van der Waals surface area contributed by atoms with Gasteiger partial charge in [-0.15, -0.1) is 0 Å². The zero-order chi connectivity index (χ0) is 12.1. The van der Waals surface area contributed by atoms with Gasteiger partial charge in [-0.25, -0.2) is 4.79 Å². The molecule has 92 valence electrons. The normalized spacial score (nSPS) is 18.8. The molecule has 0 aliphatic carbocycles. The molecule has 0 radical (unpaired) electrons. The maximum Gasteiger partial charge on any atom is 0.319 e. The molecule has 0 aromatic heterocycles. The van der Waals surface area contributed by atoms with Crippen molar-refractivity contribution in [3.63, 3.8) is 0 Å². The lowest BCUT2D eigenvalue weighted by atomic mass is 10.2. The van der Waals surface area contributed by atoms with Crippen LogP contribution in [0, 0.1) is 0 Å². The van der Waals surface area contributed by atoms with E-state index in [4.69, 9.17) is 9.47 Å². The van der Waals surface area contributed by atoms with E-state index in [0.29, 0.717) is 24.7 Å². The van der Waals surface area contributed by atoms with Crippen LogP contribution < -0.4 is 15.4 Å². The highest BCUT2D eigenvalue weighted by atomic mass is 16.5. The summed E-state index contributed by atoms with van der Waals surface area (Å²) in [5.41, 5.74) is 0.709. The smallest absolute Gasteiger partial charge is 0.319 e. The maximum atomic E-state index is 11.6. The molecule has 1 heterocycles. The van der Waals surface area contributed by atoms with E-state index in [2.05, 4.69) is 10.6 Å². The Balaban J connectivity index is 1.88. The van der Waals surface area contributed by atoms with Crippen molar-refractivity contribution in [2.75, 3.05) is 25.6 Å². The molecular formula is C12H16N2O3. The molecule has 5 heteroatoms. The van der Waals surface area contributed by atoms with E-state index >= 15 is 0 Å². The average Bonchev–Trinajstić information content (AvgIpc) is 2.82. The number of methoxy groups -OCH3 is 1. The van der Waals surface area contributed by atoms with Crippen molar-refractivity contribution in [2.45, 2.75) is 12.5 Å². The fraction of sp³-hybridized carbons (Fsp3) is 0.417. The van der Waals surface area contributed by atoms with E-state index in [1.165, 1.54) is 0 Å². The molecule has 1 fully saturated rings. The van der Waals surface area contributed by atoms with Crippen LogP contribution in [0.25, 0.3) is 0 Å². The third-order valence-corrected chi connectivity index (χ3v) is 2.59. The average molecular weight is 236 g/mol. The van der Waals surface area contributed by atoms with Crippen molar-refractivity contribution in [1.82, 2.24) is 5.32 Å². The highest BCUT2D eigenvalue weighted by molar-refractivity contribution is 5.89. The highest BCUT2D eigenvalue weighted by Gasteiger charge is 2.17. The molecule has 1 atom stereocenters. The number of rotatable bonds is 3. The first kappa shape index (κ1) is 11.7. The van der Waals surface area contributed by atoms with E-state index in [1.807, 2.05) is 18.2 Å². The first-order valence-corrected chi connectivity index (χ1v) is 5.57. The van der Waals surface area contributed by atoms with Gasteiger partial charge < -0.3 is 20.1 Å². The van der Waals surface area contributed by atoms with Crippen LogP contribution in [0.5, 0.6) is 5.75 Å². The highest BCUT2D eigenvalue weighted by Crippen LogP contribution is 2.16. The first-order chi connectivity index (χ1) is 8.28.